The number of anilines is 1. The fourth-order valence-electron chi connectivity index (χ4n) is 1.62. The van der Waals surface area contributed by atoms with Gasteiger partial charge in [-0.05, 0) is 24.6 Å². The summed E-state index contributed by atoms with van der Waals surface area (Å²) in [7, 11) is 0. The molecule has 1 aromatic carbocycles. The Kier molecular flexibility index (Phi) is 3.26. The van der Waals surface area contributed by atoms with Gasteiger partial charge in [-0.15, -0.1) is 0 Å². The zero-order chi connectivity index (χ0) is 12.6. The number of halogens is 2. The largest absolute Gasteiger partial charge is 0.435 e. The van der Waals surface area contributed by atoms with E-state index in [-0.39, 0.29) is 0 Å². The second-order valence-corrected chi connectivity index (χ2v) is 4.45. The van der Waals surface area contributed by atoms with Gasteiger partial charge in [-0.1, -0.05) is 30.1 Å². The first kappa shape index (κ1) is 12.2. The van der Waals surface area contributed by atoms with E-state index in [0.717, 1.165) is 4.90 Å². The van der Waals surface area contributed by atoms with E-state index < -0.39 is 18.1 Å². The molecule has 1 saturated heterocycles. The summed E-state index contributed by atoms with van der Waals surface area (Å²) in [5.74, 6) is -0.393. The van der Waals surface area contributed by atoms with Crippen molar-refractivity contribution in [3.63, 3.8) is 0 Å². The van der Waals surface area contributed by atoms with Gasteiger partial charge in [-0.25, -0.2) is 9.69 Å². The van der Waals surface area contributed by atoms with Crippen molar-refractivity contribution in [2.45, 2.75) is 19.4 Å². The molecule has 90 valence electrons. The van der Waals surface area contributed by atoms with Gasteiger partial charge in [0.2, 0.25) is 0 Å². The summed E-state index contributed by atoms with van der Waals surface area (Å²) in [5.41, 5.74) is 0.327. The van der Waals surface area contributed by atoms with Crippen LogP contribution in [0.2, 0.25) is 10.0 Å². The monoisotopic (exact) mass is 273 g/mol. The summed E-state index contributed by atoms with van der Waals surface area (Å²) in [5, 5.41) is 0.709. The first-order valence-electron chi connectivity index (χ1n) is 5.03. The van der Waals surface area contributed by atoms with Crippen molar-refractivity contribution in [3.8, 4) is 0 Å². The molecule has 1 aliphatic heterocycles. The van der Waals surface area contributed by atoms with Crippen LogP contribution < -0.4 is 4.90 Å². The van der Waals surface area contributed by atoms with Gasteiger partial charge in [0.05, 0.1) is 5.69 Å². The van der Waals surface area contributed by atoms with Gasteiger partial charge < -0.3 is 4.74 Å². The van der Waals surface area contributed by atoms with Crippen molar-refractivity contribution in [1.29, 1.82) is 0 Å². The fourth-order valence-corrected chi connectivity index (χ4v) is 2.13. The molecule has 0 spiro atoms. The predicted molar refractivity (Wildman–Crippen MR) is 64.5 cm³/mol. The van der Waals surface area contributed by atoms with E-state index in [9.17, 15) is 9.59 Å². The maximum atomic E-state index is 11.9. The van der Waals surface area contributed by atoms with Gasteiger partial charge in [0.15, 0.2) is 6.10 Å². The number of imide groups is 1. The van der Waals surface area contributed by atoms with Gasteiger partial charge >= 0.3 is 6.09 Å². The summed E-state index contributed by atoms with van der Waals surface area (Å²) < 4.78 is 4.92. The molecule has 0 radical (unpaired) electrons. The van der Waals surface area contributed by atoms with Crippen molar-refractivity contribution in [2.75, 3.05) is 4.90 Å². The normalized spacial score (nSPS) is 19.7. The van der Waals surface area contributed by atoms with E-state index in [0.29, 0.717) is 22.2 Å². The number of cyclic esters (lactones) is 1. The zero-order valence-electron chi connectivity index (χ0n) is 8.94. The number of amides is 2. The Bertz CT molecular complexity index is 469. The van der Waals surface area contributed by atoms with E-state index in [4.69, 9.17) is 27.9 Å². The third-order valence-electron chi connectivity index (χ3n) is 2.40. The minimum Gasteiger partial charge on any atom is -0.435 e. The highest BCUT2D eigenvalue weighted by molar-refractivity contribution is 6.35. The molecule has 0 N–H and O–H groups in total. The third kappa shape index (κ3) is 2.23. The lowest BCUT2D eigenvalue weighted by molar-refractivity contribution is -0.121. The lowest BCUT2D eigenvalue weighted by Crippen LogP contribution is -2.31. The summed E-state index contributed by atoms with van der Waals surface area (Å²) in [4.78, 5) is 24.4. The molecular formula is C11H9Cl2NO3. The van der Waals surface area contributed by atoms with Crippen LogP contribution in [0.1, 0.15) is 13.3 Å². The van der Waals surface area contributed by atoms with Crippen LogP contribution >= 0.6 is 23.2 Å². The molecular weight excluding hydrogens is 265 g/mol. The summed E-state index contributed by atoms with van der Waals surface area (Å²) >= 11 is 11.6. The van der Waals surface area contributed by atoms with Gasteiger partial charge in [0.1, 0.15) is 0 Å². The van der Waals surface area contributed by atoms with Gasteiger partial charge in [-0.2, -0.15) is 0 Å². The molecule has 4 nitrogen and oxygen atoms in total. The lowest BCUT2D eigenvalue weighted by atomic mass is 10.2. The Morgan fingerprint density at radius 2 is 1.82 bits per heavy atom. The smallest absolute Gasteiger partial charge is 0.422 e. The minimum atomic E-state index is -0.722. The van der Waals surface area contributed by atoms with Crippen LogP contribution in [0, 0.1) is 0 Å². The average Bonchev–Trinajstić information content (AvgIpc) is 2.52. The lowest BCUT2D eigenvalue weighted by Gasteiger charge is -2.11. The summed E-state index contributed by atoms with van der Waals surface area (Å²) in [6.07, 6.45) is -0.976. The highest BCUT2D eigenvalue weighted by Gasteiger charge is 2.40. The van der Waals surface area contributed by atoms with Gasteiger partial charge in [0, 0.05) is 10.0 Å². The average molecular weight is 274 g/mol. The van der Waals surface area contributed by atoms with E-state index in [2.05, 4.69) is 0 Å². The van der Waals surface area contributed by atoms with Crippen molar-refractivity contribution in [2.24, 2.45) is 0 Å². The van der Waals surface area contributed by atoms with E-state index in [1.165, 1.54) is 18.2 Å². The van der Waals surface area contributed by atoms with Gasteiger partial charge in [-0.3, -0.25) is 4.79 Å². The number of rotatable bonds is 2. The number of ether oxygens (including phenoxy) is 1. The van der Waals surface area contributed by atoms with Crippen molar-refractivity contribution < 1.29 is 14.3 Å². The Morgan fingerprint density at radius 1 is 1.24 bits per heavy atom. The molecule has 1 heterocycles. The maximum Gasteiger partial charge on any atom is 0.422 e. The number of carbonyl (C=O) groups excluding carboxylic acids is 2. The highest BCUT2D eigenvalue weighted by atomic mass is 35.5. The topological polar surface area (TPSA) is 46.6 Å². The van der Waals surface area contributed by atoms with Crippen LogP contribution in [-0.2, 0) is 9.53 Å². The van der Waals surface area contributed by atoms with Crippen LogP contribution in [-0.4, -0.2) is 18.1 Å². The molecule has 0 aliphatic carbocycles. The van der Waals surface area contributed by atoms with Crippen molar-refractivity contribution in [1.82, 2.24) is 0 Å². The number of hydrogen-bond donors (Lipinski definition) is 0. The Balaban J connectivity index is 2.39. The zero-order valence-corrected chi connectivity index (χ0v) is 10.5. The third-order valence-corrected chi connectivity index (χ3v) is 2.83. The molecule has 2 rings (SSSR count). The number of carbonyl (C=O) groups is 2. The Morgan fingerprint density at radius 3 is 2.29 bits per heavy atom. The van der Waals surface area contributed by atoms with Crippen LogP contribution in [0.3, 0.4) is 0 Å². The summed E-state index contributed by atoms with van der Waals surface area (Å²) in [6.45, 7) is 1.77. The van der Waals surface area contributed by atoms with Crippen LogP contribution in [0.15, 0.2) is 18.2 Å². The fraction of sp³-hybridized carbons (Fsp3) is 0.273. The van der Waals surface area contributed by atoms with Crippen molar-refractivity contribution >= 4 is 40.9 Å². The first-order chi connectivity index (χ1) is 8.02. The molecule has 1 unspecified atom stereocenters. The Labute approximate surface area is 108 Å². The van der Waals surface area contributed by atoms with Crippen LogP contribution in [0.5, 0.6) is 0 Å². The molecule has 2 amide bonds. The highest BCUT2D eigenvalue weighted by Crippen LogP contribution is 2.29. The molecule has 0 bridgehead atoms. The maximum absolute atomic E-state index is 11.9. The number of hydrogen-bond acceptors (Lipinski definition) is 3. The summed E-state index contributed by atoms with van der Waals surface area (Å²) in [6, 6.07) is 4.51. The number of nitrogens with zero attached hydrogens (tertiary/aromatic N) is 1. The van der Waals surface area contributed by atoms with E-state index >= 15 is 0 Å². The molecule has 1 atom stereocenters. The van der Waals surface area contributed by atoms with E-state index in [1.54, 1.807) is 6.92 Å². The molecule has 0 aromatic heterocycles. The molecule has 1 aromatic rings. The molecule has 6 heteroatoms. The molecule has 1 fully saturated rings. The quantitative estimate of drug-likeness (QED) is 0.831. The molecule has 17 heavy (non-hydrogen) atoms. The van der Waals surface area contributed by atoms with Crippen LogP contribution in [0.25, 0.3) is 0 Å². The number of benzene rings is 1. The predicted octanol–water partition coefficient (Wildman–Crippen LogP) is 3.26. The molecule has 0 saturated carbocycles. The van der Waals surface area contributed by atoms with Crippen molar-refractivity contribution in [3.05, 3.63) is 28.2 Å². The van der Waals surface area contributed by atoms with Crippen LogP contribution in [0.4, 0.5) is 10.5 Å². The SMILES string of the molecule is CCC1OC(=O)N(c2cc(Cl)cc(Cl)c2)C1=O. The second-order valence-electron chi connectivity index (χ2n) is 3.58. The van der Waals surface area contributed by atoms with Gasteiger partial charge in [0.25, 0.3) is 5.91 Å². The minimum absolute atomic E-state index is 0.327. The Hall–Kier alpha value is -1.26. The van der Waals surface area contributed by atoms with E-state index in [1.807, 2.05) is 0 Å². The molecule has 1 aliphatic rings. The standard InChI is InChI=1S/C11H9Cl2NO3/c1-2-9-10(15)14(11(16)17-9)8-4-6(12)3-7(13)5-8/h3-5,9H,2H2,1H3. The second kappa shape index (κ2) is 4.55. The first-order valence-corrected chi connectivity index (χ1v) is 5.79.